The number of amides is 4. The van der Waals surface area contributed by atoms with Crippen LogP contribution < -0.4 is 15.4 Å². The summed E-state index contributed by atoms with van der Waals surface area (Å²) in [6.07, 6.45) is 1.65. The van der Waals surface area contributed by atoms with Crippen LogP contribution in [0.2, 0.25) is 0 Å². The largest absolute Gasteiger partial charge is 0.465 e. The predicted octanol–water partition coefficient (Wildman–Crippen LogP) is 6.90. The van der Waals surface area contributed by atoms with Crippen LogP contribution in [0.25, 0.3) is 33.2 Å². The highest BCUT2D eigenvalue weighted by atomic mass is 16.5. The fraction of sp³-hybridized carbons (Fsp3) is 0.442. The lowest BCUT2D eigenvalue weighted by Crippen LogP contribution is -2.52. The van der Waals surface area contributed by atoms with E-state index in [1.807, 2.05) is 98.2 Å². The third-order valence-corrected chi connectivity index (χ3v) is 12.3. The van der Waals surface area contributed by atoms with Gasteiger partial charge in [0.25, 0.3) is 0 Å². The Kier molecular flexibility index (Phi) is 9.28. The highest BCUT2D eigenvalue weighted by molar-refractivity contribution is 5.88. The van der Waals surface area contributed by atoms with Gasteiger partial charge in [-0.25, -0.2) is 19.6 Å². The van der Waals surface area contributed by atoms with Crippen molar-refractivity contribution in [3.8, 4) is 22.6 Å². The maximum absolute atomic E-state index is 13.9. The summed E-state index contributed by atoms with van der Waals surface area (Å²) < 4.78 is 11.2. The van der Waals surface area contributed by atoms with Gasteiger partial charge in [0.2, 0.25) is 11.8 Å². The molecule has 58 heavy (non-hydrogen) atoms. The number of hydrogen-bond donors (Lipinski definition) is 5. The number of methoxy groups -OCH3 is 1. The number of rotatable bonds is 11. The topological polar surface area (TPSA) is 195 Å². The first-order valence-corrected chi connectivity index (χ1v) is 20.1. The monoisotopic (exact) mass is 788 g/mol. The quantitative estimate of drug-likeness (QED) is 0.0947. The van der Waals surface area contributed by atoms with Crippen LogP contribution in [0.1, 0.15) is 77.1 Å². The average Bonchev–Trinajstić information content (AvgIpc) is 3.86. The second-order valence-corrected chi connectivity index (χ2v) is 16.9. The lowest BCUT2D eigenvalue weighted by Gasteiger charge is -2.31. The van der Waals surface area contributed by atoms with Gasteiger partial charge in [-0.3, -0.25) is 9.59 Å². The average molecular weight is 789 g/mol. The number of carbonyl (C=O) groups excluding carboxylic acids is 3. The second kappa shape index (κ2) is 14.4. The van der Waals surface area contributed by atoms with E-state index in [1.54, 1.807) is 0 Å². The summed E-state index contributed by atoms with van der Waals surface area (Å²) in [6, 6.07) is 17.8. The smallest absolute Gasteiger partial charge is 0.407 e. The molecule has 2 aliphatic carbocycles. The molecule has 4 fully saturated rings. The van der Waals surface area contributed by atoms with Gasteiger partial charge in [-0.2, -0.15) is 0 Å². The Bertz CT molecular complexity index is 2440. The number of hydrogen-bond acceptors (Lipinski definition) is 8. The van der Waals surface area contributed by atoms with E-state index in [9.17, 15) is 24.3 Å². The van der Waals surface area contributed by atoms with E-state index in [0.717, 1.165) is 59.2 Å². The van der Waals surface area contributed by atoms with Gasteiger partial charge in [-0.15, -0.1) is 0 Å². The van der Waals surface area contributed by atoms with Gasteiger partial charge in [0.05, 0.1) is 41.3 Å². The minimum absolute atomic E-state index is 0.101. The molecule has 5 aromatic rings. The molecule has 0 radical (unpaired) electrons. The van der Waals surface area contributed by atoms with Crippen molar-refractivity contribution in [2.24, 2.45) is 23.7 Å². The standard InChI is InChI=1S/C43H48N8O7/c1-20(2)36(48-42(54)55)40(52)50-32-15-24(32)18-35(50)39-45-29-12-10-27(19-31(29)47-39)58-26-8-6-7-22(13-26)23-9-11-28-30(14-23)46-38(44-28)34-17-25-16-33(25)51(34)41(53)37(21(3)4)49-43(56)57-5/h6-14,19-21,24-25,32-37,48H,15-18H2,1-5H3,(H,44,46)(H,45,47)(H,49,56)(H,54,55)/t24-,25-,32-,33-,34+,35-,36-,37-/m1/s1. The van der Waals surface area contributed by atoms with Gasteiger partial charge in [0.15, 0.2) is 0 Å². The zero-order chi connectivity index (χ0) is 40.6. The number of carbonyl (C=O) groups is 4. The molecule has 0 bridgehead atoms. The summed E-state index contributed by atoms with van der Waals surface area (Å²) in [5.74, 6) is 2.86. The molecule has 15 heteroatoms. The third kappa shape index (κ3) is 6.85. The number of alkyl carbamates (subject to hydrolysis) is 1. The number of aromatic amines is 2. The Hall–Kier alpha value is -6.12. The van der Waals surface area contributed by atoms with E-state index in [1.165, 1.54) is 7.11 Å². The number of fused-ring (bicyclic) bond motifs is 4. The van der Waals surface area contributed by atoms with Crippen LogP contribution in [0.4, 0.5) is 9.59 Å². The molecule has 15 nitrogen and oxygen atoms in total. The first-order valence-electron chi connectivity index (χ1n) is 20.1. The molecule has 0 unspecified atom stereocenters. The summed E-state index contributed by atoms with van der Waals surface area (Å²) in [7, 11) is 1.30. The van der Waals surface area contributed by atoms with Crippen molar-refractivity contribution < 1.29 is 33.8 Å². The van der Waals surface area contributed by atoms with Crippen LogP contribution in [-0.2, 0) is 14.3 Å². The Morgan fingerprint density at radius 2 is 1.24 bits per heavy atom. The molecule has 2 saturated heterocycles. The number of nitrogens with one attached hydrogen (secondary N) is 4. The molecule has 9 rings (SSSR count). The van der Waals surface area contributed by atoms with Crippen LogP contribution >= 0.6 is 0 Å². The Morgan fingerprint density at radius 3 is 1.81 bits per heavy atom. The Morgan fingerprint density at radius 1 is 0.707 bits per heavy atom. The molecule has 0 spiro atoms. The fourth-order valence-electron chi connectivity index (χ4n) is 9.17. The Balaban J connectivity index is 0.914. The molecule has 4 amide bonds. The molecular formula is C43H48N8O7. The van der Waals surface area contributed by atoms with Crippen molar-refractivity contribution in [2.45, 2.75) is 89.6 Å². The highest BCUT2D eigenvalue weighted by Crippen LogP contribution is 2.54. The van der Waals surface area contributed by atoms with Crippen LogP contribution in [0.3, 0.4) is 0 Å². The fourth-order valence-corrected chi connectivity index (χ4v) is 9.17. The van der Waals surface area contributed by atoms with Gasteiger partial charge in [-0.05, 0) is 96.9 Å². The minimum atomic E-state index is -1.21. The number of benzene rings is 3. The normalized spacial score (nSPS) is 24.1. The maximum Gasteiger partial charge on any atom is 0.407 e. The lowest BCUT2D eigenvalue weighted by molar-refractivity contribution is -0.137. The molecule has 4 heterocycles. The molecule has 5 N–H and O–H groups in total. The van der Waals surface area contributed by atoms with Gasteiger partial charge in [-0.1, -0.05) is 45.9 Å². The number of piperidine rings is 2. The van der Waals surface area contributed by atoms with E-state index in [0.29, 0.717) is 34.7 Å². The number of likely N-dealkylation sites (tertiary alicyclic amines) is 2. The number of ether oxygens (including phenoxy) is 2. The molecule has 2 saturated carbocycles. The zero-order valence-corrected chi connectivity index (χ0v) is 33.1. The van der Waals surface area contributed by atoms with Crippen LogP contribution in [0.5, 0.6) is 11.5 Å². The minimum Gasteiger partial charge on any atom is -0.465 e. The molecule has 2 aromatic heterocycles. The number of aromatic nitrogens is 4. The summed E-state index contributed by atoms with van der Waals surface area (Å²) in [6.45, 7) is 7.51. The van der Waals surface area contributed by atoms with Gasteiger partial charge in [0, 0.05) is 18.2 Å². The lowest BCUT2D eigenvalue weighted by atomic mass is 10.0. The first-order chi connectivity index (χ1) is 27.9. The van der Waals surface area contributed by atoms with E-state index in [4.69, 9.17) is 19.4 Å². The molecule has 2 aliphatic heterocycles. The molecule has 3 aromatic carbocycles. The van der Waals surface area contributed by atoms with Gasteiger partial charge < -0.3 is 45.0 Å². The van der Waals surface area contributed by atoms with Crippen LogP contribution in [0.15, 0.2) is 60.7 Å². The molecule has 302 valence electrons. The summed E-state index contributed by atoms with van der Waals surface area (Å²) in [4.78, 5) is 71.7. The van der Waals surface area contributed by atoms with Gasteiger partial charge in [0.1, 0.15) is 35.2 Å². The maximum atomic E-state index is 13.9. The van der Waals surface area contributed by atoms with Crippen molar-refractivity contribution in [3.05, 3.63) is 72.3 Å². The van der Waals surface area contributed by atoms with E-state index in [-0.39, 0.29) is 47.8 Å². The van der Waals surface area contributed by atoms with Crippen LogP contribution in [-0.4, -0.2) is 90.1 Å². The van der Waals surface area contributed by atoms with Crippen molar-refractivity contribution in [1.82, 2.24) is 40.4 Å². The number of carboxylic acid groups (broad SMARTS) is 1. The molecule has 8 atom stereocenters. The number of H-pyrrole nitrogens is 2. The summed E-state index contributed by atoms with van der Waals surface area (Å²) in [5.41, 5.74) is 5.09. The molecule has 4 aliphatic rings. The summed E-state index contributed by atoms with van der Waals surface area (Å²) >= 11 is 0. The van der Waals surface area contributed by atoms with Crippen molar-refractivity contribution in [3.63, 3.8) is 0 Å². The predicted molar refractivity (Wildman–Crippen MR) is 214 cm³/mol. The van der Waals surface area contributed by atoms with Crippen LogP contribution in [0, 0.1) is 23.7 Å². The SMILES string of the molecule is COC(=O)N[C@@H](C(=O)N1[C@@H]2C[C@@H]2C[C@H]1c1nc2cc(-c3cccc(Oc4ccc5[nH]c([C@H]6C[C@H]7C[C@H]7N6C(=O)[C@H](NC(=O)O)C(C)C)nc5c4)c3)ccc2[nH]1)C(C)C. The Labute approximate surface area is 334 Å². The highest BCUT2D eigenvalue weighted by Gasteiger charge is 2.57. The number of nitrogens with zero attached hydrogens (tertiary/aromatic N) is 4. The second-order valence-electron chi connectivity index (χ2n) is 16.9. The first kappa shape index (κ1) is 37.5. The van der Waals surface area contributed by atoms with Crippen molar-refractivity contribution in [2.75, 3.05) is 7.11 Å². The zero-order valence-electron chi connectivity index (χ0n) is 33.1. The van der Waals surface area contributed by atoms with E-state index >= 15 is 0 Å². The molecular weight excluding hydrogens is 741 g/mol. The van der Waals surface area contributed by atoms with Gasteiger partial charge >= 0.3 is 12.2 Å². The van der Waals surface area contributed by atoms with Crippen molar-refractivity contribution in [1.29, 1.82) is 0 Å². The van der Waals surface area contributed by atoms with Crippen molar-refractivity contribution >= 4 is 46.1 Å². The summed E-state index contributed by atoms with van der Waals surface area (Å²) in [5, 5.41) is 14.6. The van der Waals surface area contributed by atoms with E-state index < -0.39 is 24.3 Å². The van der Waals surface area contributed by atoms with E-state index in [2.05, 4.69) is 20.6 Å². The third-order valence-electron chi connectivity index (χ3n) is 12.3. The number of imidazole rings is 2.